The molecule has 0 aliphatic carbocycles. The molecule has 0 bridgehead atoms. The lowest BCUT2D eigenvalue weighted by molar-refractivity contribution is -0.118. The average Bonchev–Trinajstić information content (AvgIpc) is 2.44. The second-order valence-corrected chi connectivity index (χ2v) is 4.75. The predicted octanol–water partition coefficient (Wildman–Crippen LogP) is 0.885. The fourth-order valence-electron chi connectivity index (χ4n) is 2.07. The minimum Gasteiger partial charge on any atom is -0.370 e. The van der Waals surface area contributed by atoms with Crippen LogP contribution in [0, 0.1) is 6.92 Å². The van der Waals surface area contributed by atoms with Crippen molar-refractivity contribution in [2.24, 2.45) is 0 Å². The quantitative estimate of drug-likeness (QED) is 0.799. The third-order valence-corrected chi connectivity index (χ3v) is 3.14. The van der Waals surface area contributed by atoms with Gasteiger partial charge in [-0.1, -0.05) is 6.92 Å². The molecular weight excluding hydrogens is 242 g/mol. The number of amides is 1. The number of hydrogen-bond donors (Lipinski definition) is 1. The fraction of sp³-hybridized carbons (Fsp3) is 0.615. The van der Waals surface area contributed by atoms with E-state index in [9.17, 15) is 4.79 Å². The first-order valence-electron chi connectivity index (χ1n) is 6.76. The number of rotatable bonds is 5. The van der Waals surface area contributed by atoms with Crippen molar-refractivity contribution in [3.05, 3.63) is 11.8 Å². The zero-order valence-corrected chi connectivity index (χ0v) is 11.6. The largest absolute Gasteiger partial charge is 0.370 e. The number of aromatic nitrogens is 2. The Morgan fingerprint density at radius 2 is 2.05 bits per heavy atom. The van der Waals surface area contributed by atoms with Crippen LogP contribution in [0.4, 0.5) is 11.8 Å². The van der Waals surface area contributed by atoms with Gasteiger partial charge in [-0.3, -0.25) is 4.79 Å². The van der Waals surface area contributed by atoms with Gasteiger partial charge in [0.25, 0.3) is 0 Å². The van der Waals surface area contributed by atoms with Crippen LogP contribution in [0.1, 0.15) is 19.0 Å². The van der Waals surface area contributed by atoms with E-state index in [0.717, 1.165) is 63.0 Å². The molecule has 1 aliphatic heterocycles. The summed E-state index contributed by atoms with van der Waals surface area (Å²) in [6, 6.07) is 1.96. The number of aryl methyl sites for hydroxylation is 1. The van der Waals surface area contributed by atoms with Crippen LogP contribution in [-0.4, -0.2) is 54.0 Å². The fourth-order valence-corrected chi connectivity index (χ4v) is 2.07. The van der Waals surface area contributed by atoms with Gasteiger partial charge in [0, 0.05) is 44.5 Å². The molecule has 1 saturated heterocycles. The van der Waals surface area contributed by atoms with E-state index in [0.29, 0.717) is 0 Å². The second-order valence-electron chi connectivity index (χ2n) is 4.75. The first-order chi connectivity index (χ1) is 9.22. The number of hydrogen-bond acceptors (Lipinski definition) is 5. The monoisotopic (exact) mass is 263 g/mol. The Balaban J connectivity index is 2.07. The highest BCUT2D eigenvalue weighted by molar-refractivity contribution is 5.49. The van der Waals surface area contributed by atoms with E-state index in [1.807, 2.05) is 13.0 Å². The first kappa shape index (κ1) is 13.6. The van der Waals surface area contributed by atoms with Gasteiger partial charge in [0.2, 0.25) is 12.4 Å². The van der Waals surface area contributed by atoms with E-state index >= 15 is 0 Å². The van der Waals surface area contributed by atoms with E-state index in [2.05, 4.69) is 27.1 Å². The van der Waals surface area contributed by atoms with Crippen molar-refractivity contribution in [1.29, 1.82) is 0 Å². The normalized spacial score (nSPS) is 15.5. The topological polar surface area (TPSA) is 61.4 Å². The highest BCUT2D eigenvalue weighted by Gasteiger charge is 2.18. The Labute approximate surface area is 113 Å². The maximum Gasteiger partial charge on any atom is 0.227 e. The summed E-state index contributed by atoms with van der Waals surface area (Å²) in [5.41, 5.74) is 0.960. The Morgan fingerprint density at radius 1 is 1.32 bits per heavy atom. The second kappa shape index (κ2) is 6.36. The molecule has 1 N–H and O–H groups in total. The lowest BCUT2D eigenvalue weighted by Crippen LogP contribution is -2.46. The molecule has 1 fully saturated rings. The molecule has 19 heavy (non-hydrogen) atoms. The van der Waals surface area contributed by atoms with Crippen LogP contribution in [0.25, 0.3) is 0 Å². The zero-order chi connectivity index (χ0) is 13.7. The van der Waals surface area contributed by atoms with E-state index in [1.165, 1.54) is 0 Å². The van der Waals surface area contributed by atoms with Gasteiger partial charge in [-0.25, -0.2) is 4.98 Å². The standard InChI is InChI=1S/C13H21N5O/c1-3-4-14-12-9-11(2)15-13(16-12)18-7-5-17(10-19)6-8-18/h9-10H,3-8H2,1-2H3,(H,14,15,16). The molecule has 1 aliphatic rings. The third-order valence-electron chi connectivity index (χ3n) is 3.14. The van der Waals surface area contributed by atoms with E-state index in [4.69, 9.17) is 0 Å². The predicted molar refractivity (Wildman–Crippen MR) is 75.4 cm³/mol. The van der Waals surface area contributed by atoms with Crippen molar-refractivity contribution < 1.29 is 4.79 Å². The summed E-state index contributed by atoms with van der Waals surface area (Å²) < 4.78 is 0. The lowest BCUT2D eigenvalue weighted by atomic mass is 10.3. The molecule has 6 heteroatoms. The van der Waals surface area contributed by atoms with Crippen molar-refractivity contribution in [2.75, 3.05) is 42.9 Å². The van der Waals surface area contributed by atoms with Crippen LogP contribution in [0.5, 0.6) is 0 Å². The molecule has 1 aromatic rings. The first-order valence-corrected chi connectivity index (χ1v) is 6.76. The number of nitrogens with one attached hydrogen (secondary N) is 1. The zero-order valence-electron chi connectivity index (χ0n) is 11.6. The smallest absolute Gasteiger partial charge is 0.227 e. The molecule has 0 atom stereocenters. The SMILES string of the molecule is CCCNc1cc(C)nc(N2CCN(C=O)CC2)n1. The molecule has 0 spiro atoms. The summed E-state index contributed by atoms with van der Waals surface area (Å²) >= 11 is 0. The van der Waals surface area contributed by atoms with Crippen LogP contribution in [0.15, 0.2) is 6.07 Å². The van der Waals surface area contributed by atoms with Gasteiger partial charge in [0.15, 0.2) is 0 Å². The van der Waals surface area contributed by atoms with Gasteiger partial charge in [0.1, 0.15) is 5.82 Å². The Kier molecular flexibility index (Phi) is 4.54. The highest BCUT2D eigenvalue weighted by Crippen LogP contribution is 2.15. The molecule has 0 unspecified atom stereocenters. The van der Waals surface area contributed by atoms with Crippen molar-refractivity contribution in [3.63, 3.8) is 0 Å². The van der Waals surface area contributed by atoms with Crippen LogP contribution in [0.2, 0.25) is 0 Å². The molecule has 0 radical (unpaired) electrons. The van der Waals surface area contributed by atoms with Gasteiger partial charge >= 0.3 is 0 Å². The molecular formula is C13H21N5O. The van der Waals surface area contributed by atoms with Gasteiger partial charge in [0.05, 0.1) is 0 Å². The van der Waals surface area contributed by atoms with Crippen LogP contribution in [-0.2, 0) is 4.79 Å². The summed E-state index contributed by atoms with van der Waals surface area (Å²) in [6.07, 6.45) is 1.97. The lowest BCUT2D eigenvalue weighted by Gasteiger charge is -2.32. The van der Waals surface area contributed by atoms with Crippen LogP contribution >= 0.6 is 0 Å². The highest BCUT2D eigenvalue weighted by atomic mass is 16.1. The number of carbonyl (C=O) groups excluding carboxylic acids is 1. The van der Waals surface area contributed by atoms with Crippen molar-refractivity contribution in [2.45, 2.75) is 20.3 Å². The number of piperazine rings is 1. The van der Waals surface area contributed by atoms with Gasteiger partial charge in [-0.2, -0.15) is 4.98 Å². The molecule has 0 saturated carbocycles. The molecule has 1 amide bonds. The molecule has 104 valence electrons. The number of nitrogens with zero attached hydrogens (tertiary/aromatic N) is 4. The van der Waals surface area contributed by atoms with E-state index in [1.54, 1.807) is 4.90 Å². The van der Waals surface area contributed by atoms with Gasteiger partial charge in [-0.15, -0.1) is 0 Å². The van der Waals surface area contributed by atoms with Gasteiger partial charge < -0.3 is 15.1 Å². The number of carbonyl (C=O) groups is 1. The van der Waals surface area contributed by atoms with E-state index < -0.39 is 0 Å². The van der Waals surface area contributed by atoms with Crippen molar-refractivity contribution >= 4 is 18.2 Å². The molecule has 0 aromatic carbocycles. The third kappa shape index (κ3) is 3.56. The summed E-state index contributed by atoms with van der Waals surface area (Å²) in [4.78, 5) is 23.6. The Hall–Kier alpha value is -1.85. The number of anilines is 2. The minimum atomic E-state index is 0.735. The maximum atomic E-state index is 10.7. The summed E-state index contributed by atoms with van der Waals surface area (Å²) in [7, 11) is 0. The maximum absolute atomic E-state index is 10.7. The van der Waals surface area contributed by atoms with Crippen LogP contribution < -0.4 is 10.2 Å². The summed E-state index contributed by atoms with van der Waals surface area (Å²) in [5.74, 6) is 1.63. The van der Waals surface area contributed by atoms with E-state index in [-0.39, 0.29) is 0 Å². The Bertz CT molecular complexity index is 429. The summed E-state index contributed by atoms with van der Waals surface area (Å²) in [5, 5.41) is 3.29. The van der Waals surface area contributed by atoms with Gasteiger partial charge in [-0.05, 0) is 13.3 Å². The molecule has 2 rings (SSSR count). The molecule has 2 heterocycles. The minimum absolute atomic E-state index is 0.735. The van der Waals surface area contributed by atoms with Crippen LogP contribution in [0.3, 0.4) is 0 Å². The average molecular weight is 263 g/mol. The van der Waals surface area contributed by atoms with Crippen molar-refractivity contribution in [3.8, 4) is 0 Å². The van der Waals surface area contributed by atoms with Crippen molar-refractivity contribution in [1.82, 2.24) is 14.9 Å². The molecule has 6 nitrogen and oxygen atoms in total. The molecule has 1 aromatic heterocycles. The Morgan fingerprint density at radius 3 is 2.68 bits per heavy atom. The summed E-state index contributed by atoms with van der Waals surface area (Å²) in [6.45, 7) is 8.06.